The fourth-order valence-corrected chi connectivity index (χ4v) is 1.56. The summed E-state index contributed by atoms with van der Waals surface area (Å²) in [6.45, 7) is 10.6. The highest BCUT2D eigenvalue weighted by atomic mass is 15.3. The van der Waals surface area contributed by atoms with E-state index in [1.807, 2.05) is 11.7 Å². The van der Waals surface area contributed by atoms with Gasteiger partial charge in [-0.1, -0.05) is 27.7 Å². The Morgan fingerprint density at radius 3 is 2.57 bits per heavy atom. The summed E-state index contributed by atoms with van der Waals surface area (Å²) in [5.74, 6) is 0. The van der Waals surface area contributed by atoms with Crippen LogP contribution in [0.15, 0.2) is 6.20 Å². The molecule has 0 aliphatic heterocycles. The van der Waals surface area contributed by atoms with Crippen LogP contribution in [-0.4, -0.2) is 16.3 Å². The van der Waals surface area contributed by atoms with E-state index in [0.29, 0.717) is 0 Å². The highest BCUT2D eigenvalue weighted by Gasteiger charge is 2.21. The molecule has 80 valence electrons. The molecule has 0 spiro atoms. The molecule has 0 aromatic carbocycles. The van der Waals surface area contributed by atoms with Crippen molar-refractivity contribution in [3.8, 4) is 0 Å². The highest BCUT2D eigenvalue weighted by Crippen LogP contribution is 2.23. The SMILES string of the molecule is CCNCc1cn(C)nc1C(C)(C)C. The number of nitrogens with zero attached hydrogens (tertiary/aromatic N) is 2. The van der Waals surface area contributed by atoms with Gasteiger partial charge in [0.25, 0.3) is 0 Å². The molecule has 1 heterocycles. The average Bonchev–Trinajstić information content (AvgIpc) is 2.42. The van der Waals surface area contributed by atoms with Crippen LogP contribution in [0.4, 0.5) is 0 Å². The Bertz CT molecular complexity index is 294. The summed E-state index contributed by atoms with van der Waals surface area (Å²) in [6.07, 6.45) is 2.10. The molecule has 0 amide bonds. The zero-order valence-corrected chi connectivity index (χ0v) is 9.89. The van der Waals surface area contributed by atoms with Crippen LogP contribution in [0.1, 0.15) is 39.0 Å². The summed E-state index contributed by atoms with van der Waals surface area (Å²) in [6, 6.07) is 0. The average molecular weight is 195 g/mol. The van der Waals surface area contributed by atoms with Crippen molar-refractivity contribution < 1.29 is 0 Å². The first-order chi connectivity index (χ1) is 6.45. The van der Waals surface area contributed by atoms with Crippen molar-refractivity contribution in [2.75, 3.05) is 6.54 Å². The largest absolute Gasteiger partial charge is 0.313 e. The minimum absolute atomic E-state index is 0.131. The molecule has 0 fully saturated rings. The van der Waals surface area contributed by atoms with Gasteiger partial charge in [0.05, 0.1) is 5.69 Å². The lowest BCUT2D eigenvalue weighted by molar-refractivity contribution is 0.544. The Morgan fingerprint density at radius 2 is 2.07 bits per heavy atom. The molecule has 14 heavy (non-hydrogen) atoms. The third kappa shape index (κ3) is 2.58. The van der Waals surface area contributed by atoms with E-state index in [1.165, 1.54) is 11.3 Å². The van der Waals surface area contributed by atoms with Gasteiger partial charge < -0.3 is 5.32 Å². The van der Waals surface area contributed by atoms with E-state index >= 15 is 0 Å². The molecule has 3 nitrogen and oxygen atoms in total. The molecule has 0 atom stereocenters. The van der Waals surface area contributed by atoms with Gasteiger partial charge in [-0.25, -0.2) is 0 Å². The smallest absolute Gasteiger partial charge is 0.0722 e. The van der Waals surface area contributed by atoms with E-state index in [9.17, 15) is 0 Å². The Kier molecular flexibility index (Phi) is 3.32. The maximum Gasteiger partial charge on any atom is 0.0722 e. The normalized spacial score (nSPS) is 12.1. The lowest BCUT2D eigenvalue weighted by Gasteiger charge is -2.17. The molecule has 0 radical (unpaired) electrons. The number of hydrogen-bond acceptors (Lipinski definition) is 2. The monoisotopic (exact) mass is 195 g/mol. The molecule has 0 saturated carbocycles. The molecule has 0 saturated heterocycles. The molecular weight excluding hydrogens is 174 g/mol. The van der Waals surface area contributed by atoms with Crippen LogP contribution >= 0.6 is 0 Å². The molecule has 1 rings (SSSR count). The molecule has 0 aliphatic carbocycles. The van der Waals surface area contributed by atoms with Crippen molar-refractivity contribution in [3.05, 3.63) is 17.5 Å². The van der Waals surface area contributed by atoms with E-state index in [1.54, 1.807) is 0 Å². The van der Waals surface area contributed by atoms with Crippen molar-refractivity contribution in [3.63, 3.8) is 0 Å². The van der Waals surface area contributed by atoms with Crippen molar-refractivity contribution in [2.45, 2.75) is 39.7 Å². The quantitative estimate of drug-likeness (QED) is 0.797. The molecule has 0 aliphatic rings. The fourth-order valence-electron chi connectivity index (χ4n) is 1.56. The summed E-state index contributed by atoms with van der Waals surface area (Å²) in [7, 11) is 1.98. The zero-order chi connectivity index (χ0) is 10.8. The highest BCUT2D eigenvalue weighted by molar-refractivity contribution is 5.23. The first-order valence-electron chi connectivity index (χ1n) is 5.19. The second-order valence-electron chi connectivity index (χ2n) is 4.71. The Balaban J connectivity index is 2.91. The van der Waals surface area contributed by atoms with E-state index < -0.39 is 0 Å². The van der Waals surface area contributed by atoms with E-state index in [-0.39, 0.29) is 5.41 Å². The van der Waals surface area contributed by atoms with Gasteiger partial charge in [-0.2, -0.15) is 5.10 Å². The second kappa shape index (κ2) is 4.13. The predicted molar refractivity (Wildman–Crippen MR) is 59.3 cm³/mol. The molecular formula is C11H21N3. The summed E-state index contributed by atoms with van der Waals surface area (Å²) in [5, 5.41) is 7.85. The number of hydrogen-bond donors (Lipinski definition) is 1. The number of aromatic nitrogens is 2. The van der Waals surface area contributed by atoms with E-state index in [2.05, 4.69) is 44.3 Å². The maximum absolute atomic E-state index is 4.51. The summed E-state index contributed by atoms with van der Waals surface area (Å²) >= 11 is 0. The van der Waals surface area contributed by atoms with Gasteiger partial charge in [-0.3, -0.25) is 4.68 Å². The second-order valence-corrected chi connectivity index (χ2v) is 4.71. The molecule has 0 unspecified atom stereocenters. The minimum atomic E-state index is 0.131. The molecule has 1 aromatic heterocycles. The topological polar surface area (TPSA) is 29.9 Å². The minimum Gasteiger partial charge on any atom is -0.313 e. The zero-order valence-electron chi connectivity index (χ0n) is 9.89. The van der Waals surface area contributed by atoms with Crippen molar-refractivity contribution in [1.29, 1.82) is 0 Å². The first-order valence-corrected chi connectivity index (χ1v) is 5.19. The van der Waals surface area contributed by atoms with Crippen LogP contribution < -0.4 is 5.32 Å². The molecule has 0 bridgehead atoms. The van der Waals surface area contributed by atoms with Gasteiger partial charge >= 0.3 is 0 Å². The van der Waals surface area contributed by atoms with Gasteiger partial charge in [-0.05, 0) is 6.54 Å². The lowest BCUT2D eigenvalue weighted by Crippen LogP contribution is -2.18. The molecule has 3 heteroatoms. The Morgan fingerprint density at radius 1 is 1.43 bits per heavy atom. The third-order valence-corrected chi connectivity index (χ3v) is 2.18. The van der Waals surface area contributed by atoms with Gasteiger partial charge in [-0.15, -0.1) is 0 Å². The Labute approximate surface area is 86.5 Å². The predicted octanol–water partition coefficient (Wildman–Crippen LogP) is 1.83. The van der Waals surface area contributed by atoms with Crippen LogP contribution in [-0.2, 0) is 19.0 Å². The summed E-state index contributed by atoms with van der Waals surface area (Å²) in [4.78, 5) is 0. The number of nitrogens with one attached hydrogen (secondary N) is 1. The van der Waals surface area contributed by atoms with Crippen LogP contribution in [0.3, 0.4) is 0 Å². The lowest BCUT2D eigenvalue weighted by atomic mass is 9.89. The fraction of sp³-hybridized carbons (Fsp3) is 0.727. The Hall–Kier alpha value is -0.830. The van der Waals surface area contributed by atoms with E-state index in [4.69, 9.17) is 0 Å². The number of rotatable bonds is 3. The van der Waals surface area contributed by atoms with Gasteiger partial charge in [0.2, 0.25) is 0 Å². The van der Waals surface area contributed by atoms with E-state index in [0.717, 1.165) is 13.1 Å². The molecule has 1 N–H and O–H groups in total. The van der Waals surface area contributed by atoms with Crippen LogP contribution in [0.5, 0.6) is 0 Å². The van der Waals surface area contributed by atoms with Crippen molar-refractivity contribution >= 4 is 0 Å². The number of aryl methyl sites for hydroxylation is 1. The third-order valence-electron chi connectivity index (χ3n) is 2.18. The summed E-state index contributed by atoms with van der Waals surface area (Å²) in [5.41, 5.74) is 2.63. The van der Waals surface area contributed by atoms with Crippen molar-refractivity contribution in [2.24, 2.45) is 7.05 Å². The van der Waals surface area contributed by atoms with Gasteiger partial charge in [0.15, 0.2) is 0 Å². The van der Waals surface area contributed by atoms with Crippen LogP contribution in [0, 0.1) is 0 Å². The van der Waals surface area contributed by atoms with Gasteiger partial charge in [0.1, 0.15) is 0 Å². The van der Waals surface area contributed by atoms with Gasteiger partial charge in [0, 0.05) is 30.8 Å². The molecule has 1 aromatic rings. The maximum atomic E-state index is 4.51. The summed E-state index contributed by atoms with van der Waals surface area (Å²) < 4.78 is 1.90. The van der Waals surface area contributed by atoms with Crippen LogP contribution in [0.25, 0.3) is 0 Å². The first kappa shape index (κ1) is 11.2. The standard InChI is InChI=1S/C11H21N3/c1-6-12-7-9-8-14(5)13-10(9)11(2,3)4/h8,12H,6-7H2,1-5H3. The van der Waals surface area contributed by atoms with Crippen molar-refractivity contribution in [1.82, 2.24) is 15.1 Å². The van der Waals surface area contributed by atoms with Crippen LogP contribution in [0.2, 0.25) is 0 Å².